The van der Waals surface area contributed by atoms with Gasteiger partial charge in [0.2, 0.25) is 0 Å². The van der Waals surface area contributed by atoms with Crippen LogP contribution >= 0.6 is 0 Å². The molecule has 0 saturated carbocycles. The van der Waals surface area contributed by atoms with Crippen LogP contribution < -0.4 is 20.1 Å². The van der Waals surface area contributed by atoms with Crippen molar-refractivity contribution in [1.82, 2.24) is 15.5 Å². The Morgan fingerprint density at radius 3 is 2.67 bits per heavy atom. The molecular weight excluding hydrogens is 412 g/mol. The van der Waals surface area contributed by atoms with Gasteiger partial charge in [0.25, 0.3) is 0 Å². The van der Waals surface area contributed by atoms with Gasteiger partial charge in [0.1, 0.15) is 6.61 Å². The van der Waals surface area contributed by atoms with Crippen LogP contribution in [0.4, 0.5) is 0 Å². The number of likely N-dealkylation sites (tertiary alicyclic amines) is 1. The Morgan fingerprint density at radius 1 is 1.00 bits per heavy atom. The van der Waals surface area contributed by atoms with Crippen LogP contribution in [0, 0.1) is 5.92 Å². The molecule has 1 atom stereocenters. The van der Waals surface area contributed by atoms with Crippen molar-refractivity contribution in [2.75, 3.05) is 19.7 Å². The molecule has 0 aliphatic carbocycles. The second-order valence-corrected chi connectivity index (χ2v) is 8.74. The SMILES string of the molecule is CCOc1cc(CN2CCC(C3=C4N=CNC4C=CN3)CC2)ccc1OCc1ccccc1. The predicted octanol–water partition coefficient (Wildman–Crippen LogP) is 4.20. The van der Waals surface area contributed by atoms with E-state index in [9.17, 15) is 0 Å². The van der Waals surface area contributed by atoms with Crippen LogP contribution in [-0.2, 0) is 13.2 Å². The zero-order chi connectivity index (χ0) is 22.5. The molecule has 1 fully saturated rings. The lowest BCUT2D eigenvalue weighted by Crippen LogP contribution is -2.37. The number of nitrogens with one attached hydrogen (secondary N) is 2. The summed E-state index contributed by atoms with van der Waals surface area (Å²) in [6.07, 6.45) is 8.27. The van der Waals surface area contributed by atoms with E-state index in [1.807, 2.05) is 43.7 Å². The number of aliphatic imine (C=N–C) groups is 1. The number of dihydropyridines is 1. The van der Waals surface area contributed by atoms with Crippen LogP contribution in [0.3, 0.4) is 0 Å². The molecule has 33 heavy (non-hydrogen) atoms. The average Bonchev–Trinajstić information content (AvgIpc) is 3.34. The fourth-order valence-electron chi connectivity index (χ4n) is 4.78. The van der Waals surface area contributed by atoms with Gasteiger partial charge in [0, 0.05) is 18.2 Å². The summed E-state index contributed by atoms with van der Waals surface area (Å²) in [6.45, 7) is 6.24. The Bertz CT molecular complexity index is 1040. The van der Waals surface area contributed by atoms with E-state index >= 15 is 0 Å². The topological polar surface area (TPSA) is 58.1 Å². The highest BCUT2D eigenvalue weighted by Crippen LogP contribution is 2.32. The number of nitrogens with zero attached hydrogens (tertiary/aromatic N) is 2. The van der Waals surface area contributed by atoms with Gasteiger partial charge in [-0.15, -0.1) is 0 Å². The van der Waals surface area contributed by atoms with Crippen LogP contribution in [0.25, 0.3) is 0 Å². The third-order valence-electron chi connectivity index (χ3n) is 6.50. The molecule has 0 bridgehead atoms. The lowest BCUT2D eigenvalue weighted by atomic mass is 9.90. The minimum absolute atomic E-state index is 0.235. The number of ether oxygens (including phenoxy) is 2. The van der Waals surface area contributed by atoms with E-state index in [1.165, 1.54) is 11.3 Å². The summed E-state index contributed by atoms with van der Waals surface area (Å²) in [7, 11) is 0. The van der Waals surface area contributed by atoms with Gasteiger partial charge in [-0.05, 0) is 68.4 Å². The van der Waals surface area contributed by atoms with Gasteiger partial charge in [-0.25, -0.2) is 4.99 Å². The zero-order valence-electron chi connectivity index (χ0n) is 19.2. The highest BCUT2D eigenvalue weighted by Gasteiger charge is 2.29. The van der Waals surface area contributed by atoms with Crippen molar-refractivity contribution in [3.8, 4) is 11.5 Å². The molecule has 0 aromatic heterocycles. The van der Waals surface area contributed by atoms with E-state index < -0.39 is 0 Å². The first-order valence-electron chi connectivity index (χ1n) is 11.9. The highest BCUT2D eigenvalue weighted by molar-refractivity contribution is 5.64. The summed E-state index contributed by atoms with van der Waals surface area (Å²) >= 11 is 0. The number of hydrogen-bond donors (Lipinski definition) is 2. The predicted molar refractivity (Wildman–Crippen MR) is 131 cm³/mol. The Morgan fingerprint density at radius 2 is 1.85 bits per heavy atom. The molecule has 2 N–H and O–H groups in total. The highest BCUT2D eigenvalue weighted by atomic mass is 16.5. The van der Waals surface area contributed by atoms with E-state index in [-0.39, 0.29) is 6.04 Å². The van der Waals surface area contributed by atoms with Crippen molar-refractivity contribution >= 4 is 6.34 Å². The van der Waals surface area contributed by atoms with Crippen LogP contribution in [0.5, 0.6) is 11.5 Å². The Balaban J connectivity index is 1.19. The fourth-order valence-corrected chi connectivity index (χ4v) is 4.78. The summed E-state index contributed by atoms with van der Waals surface area (Å²) < 4.78 is 12.0. The zero-order valence-corrected chi connectivity index (χ0v) is 19.2. The molecule has 1 saturated heterocycles. The van der Waals surface area contributed by atoms with Crippen LogP contribution in [0.15, 0.2) is 77.2 Å². The second-order valence-electron chi connectivity index (χ2n) is 8.74. The summed E-state index contributed by atoms with van der Waals surface area (Å²) in [5.41, 5.74) is 4.86. The van der Waals surface area contributed by atoms with E-state index in [1.54, 1.807) is 0 Å². The molecule has 0 amide bonds. The number of piperidine rings is 1. The molecule has 1 unspecified atom stereocenters. The van der Waals surface area contributed by atoms with Gasteiger partial charge in [-0.3, -0.25) is 4.90 Å². The van der Waals surface area contributed by atoms with E-state index in [0.717, 1.165) is 55.2 Å². The largest absolute Gasteiger partial charge is 0.490 e. The molecule has 3 aliphatic rings. The number of allylic oxidation sites excluding steroid dienone is 1. The quantitative estimate of drug-likeness (QED) is 0.639. The van der Waals surface area contributed by atoms with Crippen LogP contribution in [0.1, 0.15) is 30.9 Å². The maximum Gasteiger partial charge on any atom is 0.161 e. The van der Waals surface area contributed by atoms with Gasteiger partial charge < -0.3 is 20.1 Å². The molecule has 172 valence electrons. The molecule has 5 rings (SSSR count). The summed E-state index contributed by atoms with van der Waals surface area (Å²) in [5, 5.41) is 6.77. The molecule has 0 spiro atoms. The van der Waals surface area contributed by atoms with Gasteiger partial charge in [0.05, 0.1) is 24.7 Å². The number of rotatable bonds is 8. The average molecular weight is 445 g/mol. The normalized spacial score (nSPS) is 20.3. The van der Waals surface area contributed by atoms with Gasteiger partial charge in [0.15, 0.2) is 11.5 Å². The molecule has 0 radical (unpaired) electrons. The molecular formula is C27H32N4O2. The first-order valence-corrected chi connectivity index (χ1v) is 11.9. The molecule has 3 aliphatic heterocycles. The maximum absolute atomic E-state index is 6.06. The number of hydrogen-bond acceptors (Lipinski definition) is 6. The minimum Gasteiger partial charge on any atom is -0.490 e. The Kier molecular flexibility index (Phi) is 6.63. The summed E-state index contributed by atoms with van der Waals surface area (Å²) in [6, 6.07) is 16.8. The monoisotopic (exact) mass is 444 g/mol. The maximum atomic E-state index is 6.06. The second kappa shape index (κ2) is 10.1. The molecule has 2 aromatic carbocycles. The van der Waals surface area contributed by atoms with E-state index in [2.05, 4.69) is 50.9 Å². The first-order chi connectivity index (χ1) is 16.3. The third-order valence-corrected chi connectivity index (χ3v) is 6.50. The molecule has 6 heteroatoms. The molecule has 3 heterocycles. The number of benzene rings is 2. The lowest BCUT2D eigenvalue weighted by molar-refractivity contribution is 0.188. The molecule has 6 nitrogen and oxygen atoms in total. The van der Waals surface area contributed by atoms with Crippen molar-refractivity contribution < 1.29 is 9.47 Å². The standard InChI is InChI=1S/C27H32N4O2/c1-2-32-25-16-21(8-9-24(25)33-18-20-6-4-3-5-7-20)17-31-14-11-22(12-15-31)26-27-23(10-13-28-26)29-19-30-27/h3-10,13,16,19,22-23,28H,2,11-12,14-15,17-18H2,1H3,(H,29,30). The smallest absolute Gasteiger partial charge is 0.161 e. The van der Waals surface area contributed by atoms with E-state index in [0.29, 0.717) is 19.1 Å². The Labute approximate surface area is 196 Å². The van der Waals surface area contributed by atoms with E-state index in [4.69, 9.17) is 9.47 Å². The van der Waals surface area contributed by atoms with Crippen molar-refractivity contribution in [3.63, 3.8) is 0 Å². The van der Waals surface area contributed by atoms with Crippen molar-refractivity contribution in [2.24, 2.45) is 10.9 Å². The minimum atomic E-state index is 0.235. The molecule has 2 aromatic rings. The van der Waals surface area contributed by atoms with Crippen LogP contribution in [-0.4, -0.2) is 37.0 Å². The third kappa shape index (κ3) is 5.06. The van der Waals surface area contributed by atoms with Crippen molar-refractivity contribution in [1.29, 1.82) is 0 Å². The van der Waals surface area contributed by atoms with Gasteiger partial charge in [-0.2, -0.15) is 0 Å². The summed E-state index contributed by atoms with van der Waals surface area (Å²) in [5.74, 6) is 2.16. The number of fused-ring (bicyclic) bond motifs is 1. The van der Waals surface area contributed by atoms with Gasteiger partial charge in [-0.1, -0.05) is 36.4 Å². The van der Waals surface area contributed by atoms with Crippen LogP contribution in [0.2, 0.25) is 0 Å². The first kappa shape index (κ1) is 21.6. The lowest BCUT2D eigenvalue weighted by Gasteiger charge is -2.34. The van der Waals surface area contributed by atoms with Gasteiger partial charge >= 0.3 is 0 Å². The Hall–Kier alpha value is -3.25. The summed E-state index contributed by atoms with van der Waals surface area (Å²) in [4.78, 5) is 7.09. The van der Waals surface area contributed by atoms with Crippen molar-refractivity contribution in [2.45, 2.75) is 39.0 Å². The fraction of sp³-hybridized carbons (Fsp3) is 0.370. The van der Waals surface area contributed by atoms with Crippen molar-refractivity contribution in [3.05, 3.63) is 83.3 Å².